The monoisotopic (exact) mass is 386 g/mol. The molecule has 2 fully saturated rings. The van der Waals surface area contributed by atoms with Crippen molar-refractivity contribution in [2.45, 2.75) is 65.1 Å². The van der Waals surface area contributed by atoms with Crippen molar-refractivity contribution < 1.29 is 14.2 Å². The summed E-state index contributed by atoms with van der Waals surface area (Å²) in [6, 6.07) is 1.89. The molecule has 4 heterocycles. The maximum Gasteiger partial charge on any atom is 0.278 e. The molecule has 0 radical (unpaired) electrons. The number of fused-ring (bicyclic) bond motifs is 2. The van der Waals surface area contributed by atoms with E-state index in [9.17, 15) is 9.59 Å². The standard InChI is InChI=1S/C19H26N6O3/c1-4-19(18(27)20-9-10-24-12(2)7-8-21-24)11-14-5-6-15(19)25(14)17(26)16-13(3)22-28-23-16/h7-8,14-15H,4-6,9-11H2,1-3H3,(H,20,27)/t14-,15+,19+/m0/s1. The molecule has 2 saturated heterocycles. The first-order chi connectivity index (χ1) is 13.5. The van der Waals surface area contributed by atoms with Gasteiger partial charge in [0.25, 0.3) is 5.91 Å². The Morgan fingerprint density at radius 2 is 2.14 bits per heavy atom. The van der Waals surface area contributed by atoms with E-state index in [-0.39, 0.29) is 29.6 Å². The van der Waals surface area contributed by atoms with Crippen molar-refractivity contribution in [3.05, 3.63) is 29.3 Å². The van der Waals surface area contributed by atoms with Gasteiger partial charge < -0.3 is 10.2 Å². The van der Waals surface area contributed by atoms with E-state index in [1.165, 1.54) is 0 Å². The van der Waals surface area contributed by atoms with E-state index >= 15 is 0 Å². The first-order valence-corrected chi connectivity index (χ1v) is 9.86. The number of aryl methyl sites for hydroxylation is 2. The van der Waals surface area contributed by atoms with Gasteiger partial charge in [-0.25, -0.2) is 4.63 Å². The quantitative estimate of drug-likeness (QED) is 0.806. The van der Waals surface area contributed by atoms with Crippen LogP contribution in [0.2, 0.25) is 0 Å². The Balaban J connectivity index is 1.48. The maximum atomic E-state index is 13.2. The van der Waals surface area contributed by atoms with E-state index in [0.717, 1.165) is 18.5 Å². The van der Waals surface area contributed by atoms with Crippen LogP contribution in [0.25, 0.3) is 0 Å². The van der Waals surface area contributed by atoms with E-state index in [2.05, 4.69) is 20.7 Å². The Morgan fingerprint density at radius 1 is 1.32 bits per heavy atom. The summed E-state index contributed by atoms with van der Waals surface area (Å²) in [4.78, 5) is 28.1. The largest absolute Gasteiger partial charge is 0.354 e. The van der Waals surface area contributed by atoms with Crippen LogP contribution in [0, 0.1) is 19.3 Å². The van der Waals surface area contributed by atoms with Crippen molar-refractivity contribution in [3.8, 4) is 0 Å². The first kappa shape index (κ1) is 18.6. The second-order valence-corrected chi connectivity index (χ2v) is 7.82. The molecule has 9 heteroatoms. The highest BCUT2D eigenvalue weighted by Gasteiger charge is 2.60. The molecular formula is C19H26N6O3. The maximum absolute atomic E-state index is 13.2. The number of amides is 2. The van der Waals surface area contributed by atoms with Gasteiger partial charge >= 0.3 is 0 Å². The van der Waals surface area contributed by atoms with Crippen LogP contribution in [-0.4, -0.2) is 55.4 Å². The van der Waals surface area contributed by atoms with Gasteiger partial charge in [-0.3, -0.25) is 14.3 Å². The molecule has 9 nitrogen and oxygen atoms in total. The fourth-order valence-electron chi connectivity index (χ4n) is 4.91. The lowest BCUT2D eigenvalue weighted by Gasteiger charge is -2.35. The van der Waals surface area contributed by atoms with Crippen LogP contribution in [0.3, 0.4) is 0 Å². The normalized spacial score (nSPS) is 26.0. The Kier molecular flexibility index (Phi) is 4.68. The van der Waals surface area contributed by atoms with Crippen LogP contribution in [-0.2, 0) is 11.3 Å². The van der Waals surface area contributed by atoms with Crippen molar-refractivity contribution >= 4 is 11.8 Å². The first-order valence-electron chi connectivity index (χ1n) is 9.86. The Hall–Kier alpha value is -2.71. The second-order valence-electron chi connectivity index (χ2n) is 7.82. The average Bonchev–Trinajstić information content (AvgIpc) is 3.45. The van der Waals surface area contributed by atoms with Gasteiger partial charge in [0.05, 0.1) is 12.0 Å². The zero-order valence-corrected chi connectivity index (χ0v) is 16.5. The molecule has 0 spiro atoms. The molecule has 2 bridgehead atoms. The molecule has 2 aromatic rings. The third-order valence-corrected chi connectivity index (χ3v) is 6.45. The minimum atomic E-state index is -0.553. The minimum Gasteiger partial charge on any atom is -0.354 e. The number of nitrogens with one attached hydrogen (secondary N) is 1. The van der Waals surface area contributed by atoms with Gasteiger partial charge in [0.15, 0.2) is 5.69 Å². The highest BCUT2D eigenvalue weighted by molar-refractivity contribution is 5.95. The van der Waals surface area contributed by atoms with Gasteiger partial charge in [-0.2, -0.15) is 5.10 Å². The van der Waals surface area contributed by atoms with E-state index in [1.54, 1.807) is 13.1 Å². The molecule has 28 heavy (non-hydrogen) atoms. The molecule has 150 valence electrons. The average molecular weight is 386 g/mol. The smallest absolute Gasteiger partial charge is 0.278 e. The van der Waals surface area contributed by atoms with Crippen molar-refractivity contribution in [2.75, 3.05) is 6.54 Å². The van der Waals surface area contributed by atoms with Crippen molar-refractivity contribution in [3.63, 3.8) is 0 Å². The Bertz CT molecular complexity index is 890. The molecule has 0 saturated carbocycles. The summed E-state index contributed by atoms with van der Waals surface area (Å²) in [5.74, 6) is -0.152. The molecule has 0 aromatic carbocycles. The predicted molar refractivity (Wildman–Crippen MR) is 99.3 cm³/mol. The molecule has 2 amide bonds. The van der Waals surface area contributed by atoms with Crippen molar-refractivity contribution in [1.82, 2.24) is 30.3 Å². The van der Waals surface area contributed by atoms with E-state index in [1.807, 2.05) is 29.5 Å². The zero-order valence-electron chi connectivity index (χ0n) is 16.5. The summed E-state index contributed by atoms with van der Waals surface area (Å²) in [5.41, 5.74) is 1.24. The number of aromatic nitrogens is 4. The number of hydrogen-bond donors (Lipinski definition) is 1. The summed E-state index contributed by atoms with van der Waals surface area (Å²) < 4.78 is 6.58. The number of nitrogens with zero attached hydrogens (tertiary/aromatic N) is 5. The van der Waals surface area contributed by atoms with Crippen LogP contribution in [0.15, 0.2) is 16.9 Å². The SMILES string of the molecule is CC[C@@]1(C(=O)NCCn2nccc2C)C[C@@H]2CC[C@H]1N2C(=O)c1nonc1C. The lowest BCUT2D eigenvalue weighted by atomic mass is 9.71. The fourth-order valence-corrected chi connectivity index (χ4v) is 4.91. The zero-order chi connectivity index (χ0) is 19.9. The van der Waals surface area contributed by atoms with Crippen LogP contribution >= 0.6 is 0 Å². The van der Waals surface area contributed by atoms with Crippen molar-refractivity contribution in [2.24, 2.45) is 5.41 Å². The third kappa shape index (κ3) is 2.80. The van der Waals surface area contributed by atoms with E-state index < -0.39 is 5.41 Å². The molecule has 1 N–H and O–H groups in total. The summed E-state index contributed by atoms with van der Waals surface area (Å²) >= 11 is 0. The van der Waals surface area contributed by atoms with Gasteiger partial charge in [-0.1, -0.05) is 12.1 Å². The molecule has 0 aliphatic carbocycles. The molecule has 4 rings (SSSR count). The topological polar surface area (TPSA) is 106 Å². The summed E-state index contributed by atoms with van der Waals surface area (Å²) in [6.45, 7) is 6.87. The lowest BCUT2D eigenvalue weighted by Crippen LogP contribution is -2.50. The molecule has 2 aromatic heterocycles. The molecule has 2 aliphatic heterocycles. The summed E-state index contributed by atoms with van der Waals surface area (Å²) in [6.07, 6.45) is 4.89. The highest BCUT2D eigenvalue weighted by atomic mass is 16.6. The van der Waals surface area contributed by atoms with Crippen LogP contribution in [0.4, 0.5) is 0 Å². The van der Waals surface area contributed by atoms with Crippen molar-refractivity contribution in [1.29, 1.82) is 0 Å². The lowest BCUT2D eigenvalue weighted by molar-refractivity contribution is -0.133. The number of carbonyl (C=O) groups is 2. The van der Waals surface area contributed by atoms with Crippen LogP contribution in [0.1, 0.15) is 54.5 Å². The molecule has 0 unspecified atom stereocenters. The van der Waals surface area contributed by atoms with Gasteiger partial charge in [0.2, 0.25) is 5.91 Å². The number of hydrogen-bond acceptors (Lipinski definition) is 6. The Morgan fingerprint density at radius 3 is 2.79 bits per heavy atom. The van der Waals surface area contributed by atoms with Crippen LogP contribution < -0.4 is 5.32 Å². The van der Waals surface area contributed by atoms with E-state index in [0.29, 0.717) is 31.6 Å². The summed E-state index contributed by atoms with van der Waals surface area (Å²) in [5, 5.41) is 14.8. The minimum absolute atomic E-state index is 0.0276. The van der Waals surface area contributed by atoms with E-state index in [4.69, 9.17) is 4.63 Å². The van der Waals surface area contributed by atoms with Gasteiger partial charge in [-0.05, 0) is 50.8 Å². The van der Waals surface area contributed by atoms with Gasteiger partial charge in [-0.15, -0.1) is 0 Å². The van der Waals surface area contributed by atoms with Crippen LogP contribution in [0.5, 0.6) is 0 Å². The van der Waals surface area contributed by atoms with Gasteiger partial charge in [0.1, 0.15) is 5.69 Å². The van der Waals surface area contributed by atoms with Gasteiger partial charge in [0, 0.05) is 30.5 Å². The Labute approximate surface area is 163 Å². The molecular weight excluding hydrogens is 360 g/mol. The second kappa shape index (κ2) is 7.03. The predicted octanol–water partition coefficient (Wildman–Crippen LogP) is 1.47. The summed E-state index contributed by atoms with van der Waals surface area (Å²) in [7, 11) is 0. The number of rotatable bonds is 6. The third-order valence-electron chi connectivity index (χ3n) is 6.45. The fraction of sp³-hybridized carbons (Fsp3) is 0.632. The molecule has 2 aliphatic rings. The molecule has 3 atom stereocenters. The highest BCUT2D eigenvalue weighted by Crippen LogP contribution is 2.52. The number of carbonyl (C=O) groups excluding carboxylic acids is 2.